The lowest BCUT2D eigenvalue weighted by Crippen LogP contribution is -2.32. The van der Waals surface area contributed by atoms with Crippen LogP contribution < -0.4 is 15.7 Å². The molecular weight excluding hydrogens is 392 g/mol. The molecule has 7 nitrogen and oxygen atoms in total. The molecule has 0 unspecified atom stereocenters. The van der Waals surface area contributed by atoms with Crippen molar-refractivity contribution in [2.24, 2.45) is 7.05 Å². The Bertz CT molecular complexity index is 1270. The SMILES string of the molecule is COc1ccc(-c2nn(CCNC(=O)Cc3cccc4ccccc34)c(=O)n2C)cc1. The van der Waals surface area contributed by atoms with E-state index in [1.54, 1.807) is 14.2 Å². The Kier molecular flexibility index (Phi) is 5.84. The molecule has 0 fully saturated rings. The predicted molar refractivity (Wildman–Crippen MR) is 120 cm³/mol. The fourth-order valence-electron chi connectivity index (χ4n) is 3.61. The molecule has 1 N–H and O–H groups in total. The number of carbonyl (C=O) groups excluding carboxylic acids is 1. The molecule has 0 spiro atoms. The van der Waals surface area contributed by atoms with Gasteiger partial charge in [0.2, 0.25) is 5.91 Å². The second kappa shape index (κ2) is 8.87. The Morgan fingerprint density at radius 3 is 2.55 bits per heavy atom. The molecule has 0 saturated heterocycles. The van der Waals surface area contributed by atoms with Crippen LogP contribution >= 0.6 is 0 Å². The highest BCUT2D eigenvalue weighted by Gasteiger charge is 2.13. The molecule has 1 aromatic heterocycles. The summed E-state index contributed by atoms with van der Waals surface area (Å²) in [6, 6.07) is 21.3. The zero-order valence-electron chi connectivity index (χ0n) is 17.5. The average Bonchev–Trinajstić information content (AvgIpc) is 3.08. The van der Waals surface area contributed by atoms with Gasteiger partial charge in [0.05, 0.1) is 20.1 Å². The number of rotatable bonds is 7. The highest BCUT2D eigenvalue weighted by atomic mass is 16.5. The number of nitrogens with one attached hydrogen (secondary N) is 1. The highest BCUT2D eigenvalue weighted by Crippen LogP contribution is 2.20. The Balaban J connectivity index is 1.40. The molecule has 1 amide bonds. The first-order valence-corrected chi connectivity index (χ1v) is 10.1. The predicted octanol–water partition coefficient (Wildman–Crippen LogP) is 2.77. The number of methoxy groups -OCH3 is 1. The van der Waals surface area contributed by atoms with Crippen LogP contribution in [-0.2, 0) is 24.8 Å². The van der Waals surface area contributed by atoms with E-state index in [1.807, 2.05) is 66.7 Å². The van der Waals surface area contributed by atoms with E-state index in [4.69, 9.17) is 4.74 Å². The number of benzene rings is 3. The zero-order chi connectivity index (χ0) is 21.8. The maximum Gasteiger partial charge on any atom is 0.345 e. The first kappa shape index (κ1) is 20.4. The van der Waals surface area contributed by atoms with Gasteiger partial charge in [-0.15, -0.1) is 5.10 Å². The summed E-state index contributed by atoms with van der Waals surface area (Å²) in [7, 11) is 3.29. The lowest BCUT2D eigenvalue weighted by molar-refractivity contribution is -0.120. The van der Waals surface area contributed by atoms with Crippen LogP contribution in [0.3, 0.4) is 0 Å². The smallest absolute Gasteiger partial charge is 0.345 e. The molecular formula is C24H24N4O3. The summed E-state index contributed by atoms with van der Waals surface area (Å²) in [5, 5.41) is 9.51. The molecule has 0 atom stereocenters. The van der Waals surface area contributed by atoms with Gasteiger partial charge < -0.3 is 10.1 Å². The Morgan fingerprint density at radius 2 is 1.77 bits per heavy atom. The molecule has 4 aromatic rings. The van der Waals surface area contributed by atoms with Crippen LogP contribution in [0.5, 0.6) is 5.75 Å². The zero-order valence-corrected chi connectivity index (χ0v) is 17.5. The highest BCUT2D eigenvalue weighted by molar-refractivity contribution is 5.90. The summed E-state index contributed by atoms with van der Waals surface area (Å²) in [4.78, 5) is 25.0. The summed E-state index contributed by atoms with van der Waals surface area (Å²) in [6.07, 6.45) is 0.287. The second-order valence-corrected chi connectivity index (χ2v) is 7.28. The average molecular weight is 416 g/mol. The van der Waals surface area contributed by atoms with Gasteiger partial charge in [-0.2, -0.15) is 0 Å². The number of amides is 1. The maximum atomic E-state index is 12.5. The first-order chi connectivity index (χ1) is 15.1. The summed E-state index contributed by atoms with van der Waals surface area (Å²) in [6.45, 7) is 0.618. The van der Waals surface area contributed by atoms with E-state index >= 15 is 0 Å². The number of hydrogen-bond donors (Lipinski definition) is 1. The van der Waals surface area contributed by atoms with Gasteiger partial charge in [0.1, 0.15) is 5.75 Å². The summed E-state index contributed by atoms with van der Waals surface area (Å²) >= 11 is 0. The van der Waals surface area contributed by atoms with Gasteiger partial charge in [0.25, 0.3) is 0 Å². The number of fused-ring (bicyclic) bond motifs is 1. The van der Waals surface area contributed by atoms with Crippen LogP contribution in [0.2, 0.25) is 0 Å². The first-order valence-electron chi connectivity index (χ1n) is 10.1. The minimum Gasteiger partial charge on any atom is -0.497 e. The van der Waals surface area contributed by atoms with Crippen LogP contribution in [0, 0.1) is 0 Å². The van der Waals surface area contributed by atoms with Gasteiger partial charge in [-0.05, 0) is 40.6 Å². The maximum absolute atomic E-state index is 12.5. The summed E-state index contributed by atoms with van der Waals surface area (Å²) in [5.41, 5.74) is 1.57. The molecule has 0 saturated carbocycles. The molecule has 0 aliphatic carbocycles. The molecule has 0 bridgehead atoms. The molecule has 0 radical (unpaired) electrons. The van der Waals surface area contributed by atoms with Gasteiger partial charge in [0, 0.05) is 19.2 Å². The van der Waals surface area contributed by atoms with Crippen LogP contribution in [0.1, 0.15) is 5.56 Å². The van der Waals surface area contributed by atoms with Crippen molar-refractivity contribution in [3.63, 3.8) is 0 Å². The van der Waals surface area contributed by atoms with E-state index in [-0.39, 0.29) is 18.0 Å². The monoisotopic (exact) mass is 416 g/mol. The Labute approximate surface area is 179 Å². The minimum atomic E-state index is -0.228. The molecule has 158 valence electrons. The van der Waals surface area contributed by atoms with E-state index in [0.717, 1.165) is 27.6 Å². The summed E-state index contributed by atoms with van der Waals surface area (Å²) < 4.78 is 8.04. The Hall–Kier alpha value is -3.87. The van der Waals surface area contributed by atoms with Crippen LogP contribution in [0.15, 0.2) is 71.5 Å². The van der Waals surface area contributed by atoms with E-state index in [2.05, 4.69) is 10.4 Å². The van der Waals surface area contributed by atoms with Crippen molar-refractivity contribution in [2.75, 3.05) is 13.7 Å². The van der Waals surface area contributed by atoms with E-state index in [9.17, 15) is 9.59 Å². The van der Waals surface area contributed by atoms with Gasteiger partial charge >= 0.3 is 5.69 Å². The molecule has 1 heterocycles. The van der Waals surface area contributed by atoms with Gasteiger partial charge in [-0.1, -0.05) is 42.5 Å². The van der Waals surface area contributed by atoms with E-state index in [1.165, 1.54) is 9.25 Å². The van der Waals surface area contributed by atoms with Crippen molar-refractivity contribution >= 4 is 16.7 Å². The number of ether oxygens (including phenoxy) is 1. The van der Waals surface area contributed by atoms with Crippen LogP contribution in [0.25, 0.3) is 22.2 Å². The van der Waals surface area contributed by atoms with Gasteiger partial charge in [-0.25, -0.2) is 9.48 Å². The van der Waals surface area contributed by atoms with Crippen molar-refractivity contribution in [2.45, 2.75) is 13.0 Å². The topological polar surface area (TPSA) is 78.2 Å². The lowest BCUT2D eigenvalue weighted by atomic mass is 10.0. The molecule has 31 heavy (non-hydrogen) atoms. The fraction of sp³-hybridized carbons (Fsp3) is 0.208. The number of nitrogens with zero attached hydrogens (tertiary/aromatic N) is 3. The van der Waals surface area contributed by atoms with Gasteiger partial charge in [-0.3, -0.25) is 9.36 Å². The van der Waals surface area contributed by atoms with Crippen molar-refractivity contribution < 1.29 is 9.53 Å². The van der Waals surface area contributed by atoms with E-state index in [0.29, 0.717) is 18.9 Å². The second-order valence-electron chi connectivity index (χ2n) is 7.28. The van der Waals surface area contributed by atoms with Crippen LogP contribution in [-0.4, -0.2) is 33.9 Å². The van der Waals surface area contributed by atoms with Gasteiger partial charge in [0.15, 0.2) is 5.82 Å². The van der Waals surface area contributed by atoms with Crippen molar-refractivity contribution in [1.82, 2.24) is 19.7 Å². The molecule has 0 aliphatic rings. The number of hydrogen-bond acceptors (Lipinski definition) is 4. The number of aromatic nitrogens is 3. The Morgan fingerprint density at radius 1 is 1.03 bits per heavy atom. The molecule has 4 rings (SSSR count). The molecule has 7 heteroatoms. The van der Waals surface area contributed by atoms with Crippen LogP contribution in [0.4, 0.5) is 0 Å². The molecule has 3 aromatic carbocycles. The largest absolute Gasteiger partial charge is 0.497 e. The van der Waals surface area contributed by atoms with E-state index < -0.39 is 0 Å². The summed E-state index contributed by atoms with van der Waals surface area (Å²) in [5.74, 6) is 1.22. The third-order valence-electron chi connectivity index (χ3n) is 5.27. The fourth-order valence-corrected chi connectivity index (χ4v) is 3.61. The van der Waals surface area contributed by atoms with Crippen molar-refractivity contribution in [3.8, 4) is 17.1 Å². The third kappa shape index (κ3) is 4.35. The van der Waals surface area contributed by atoms with Crippen molar-refractivity contribution in [3.05, 3.63) is 82.8 Å². The third-order valence-corrected chi connectivity index (χ3v) is 5.27. The lowest BCUT2D eigenvalue weighted by Gasteiger charge is -2.08. The quantitative estimate of drug-likeness (QED) is 0.503. The van der Waals surface area contributed by atoms with Crippen molar-refractivity contribution in [1.29, 1.82) is 0 Å². The number of carbonyl (C=O) groups is 1. The minimum absolute atomic E-state index is 0.0873. The molecule has 0 aliphatic heterocycles. The standard InChI is InChI=1S/C24H24N4O3/c1-27-23(18-10-12-20(31-2)13-11-18)26-28(24(27)30)15-14-25-22(29)16-19-8-5-7-17-6-3-4-9-21(17)19/h3-13H,14-16H2,1-2H3,(H,25,29). The normalized spacial score (nSPS) is 10.9.